The van der Waals surface area contributed by atoms with Gasteiger partial charge >= 0.3 is 0 Å². The minimum atomic E-state index is -0.362. The second-order valence-electron chi connectivity index (χ2n) is 4.94. The molecule has 1 aliphatic rings. The maximum Gasteiger partial charge on any atom is 0.243 e. The number of carbonyl (C=O) groups is 2. The van der Waals surface area contributed by atoms with Crippen LogP contribution in [0.25, 0.3) is 0 Å². The van der Waals surface area contributed by atoms with E-state index in [0.717, 1.165) is 6.42 Å². The van der Waals surface area contributed by atoms with Crippen molar-refractivity contribution in [3.05, 3.63) is 0 Å². The summed E-state index contributed by atoms with van der Waals surface area (Å²) >= 11 is 0. The average molecular weight is 242 g/mol. The summed E-state index contributed by atoms with van der Waals surface area (Å²) in [6.07, 6.45) is 1.58. The molecule has 0 aromatic carbocycles. The lowest BCUT2D eigenvalue weighted by Gasteiger charge is -2.26. The highest BCUT2D eigenvalue weighted by molar-refractivity contribution is 5.89. The topological polar surface area (TPSA) is 69.6 Å². The number of nitrogens with one attached hydrogen (secondary N) is 1. The van der Waals surface area contributed by atoms with E-state index in [1.54, 1.807) is 11.8 Å². The Morgan fingerprint density at radius 3 is 2.59 bits per heavy atom. The van der Waals surface area contributed by atoms with E-state index >= 15 is 0 Å². The molecule has 2 atom stereocenters. The maximum atomic E-state index is 11.9. The number of hydrogen-bond acceptors (Lipinski definition) is 3. The van der Waals surface area contributed by atoms with Gasteiger partial charge in [-0.1, -0.05) is 13.8 Å². The van der Waals surface area contributed by atoms with Gasteiger partial charge in [-0.15, -0.1) is 0 Å². The minimum absolute atomic E-state index is 0.0271. The molecule has 1 saturated heterocycles. The Bertz CT molecular complexity index is 291. The van der Waals surface area contributed by atoms with E-state index in [2.05, 4.69) is 5.32 Å². The van der Waals surface area contributed by atoms with E-state index in [4.69, 9.17) is 5.11 Å². The Morgan fingerprint density at radius 2 is 2.06 bits per heavy atom. The molecule has 0 bridgehead atoms. The Morgan fingerprint density at radius 1 is 1.41 bits per heavy atom. The van der Waals surface area contributed by atoms with E-state index < -0.39 is 0 Å². The quantitative estimate of drug-likeness (QED) is 0.736. The Kier molecular flexibility index (Phi) is 4.93. The molecular formula is C12H22N2O3. The predicted octanol–water partition coefficient (Wildman–Crippen LogP) is 0.130. The zero-order valence-electron chi connectivity index (χ0n) is 10.8. The van der Waals surface area contributed by atoms with E-state index in [-0.39, 0.29) is 36.4 Å². The lowest BCUT2D eigenvalue weighted by molar-refractivity contribution is -0.141. The number of nitrogens with zero attached hydrogens (tertiary/aromatic N) is 1. The van der Waals surface area contributed by atoms with Crippen LogP contribution in [0.2, 0.25) is 0 Å². The second kappa shape index (κ2) is 6.00. The van der Waals surface area contributed by atoms with Crippen LogP contribution in [0.4, 0.5) is 0 Å². The molecular weight excluding hydrogens is 220 g/mol. The SMILES string of the molecule is CC(CO)NC(=O)C1CCCN1C(=O)C(C)C. The number of rotatable bonds is 4. The first kappa shape index (κ1) is 14.0. The van der Waals surface area contributed by atoms with Crippen LogP contribution in [0, 0.1) is 5.92 Å². The number of aliphatic hydroxyl groups excluding tert-OH is 1. The monoisotopic (exact) mass is 242 g/mol. The molecule has 0 aliphatic carbocycles. The highest BCUT2D eigenvalue weighted by atomic mass is 16.3. The van der Waals surface area contributed by atoms with Gasteiger partial charge in [-0.25, -0.2) is 0 Å². The van der Waals surface area contributed by atoms with Crippen molar-refractivity contribution >= 4 is 11.8 Å². The molecule has 0 aromatic rings. The van der Waals surface area contributed by atoms with Gasteiger partial charge in [0.05, 0.1) is 6.61 Å². The Hall–Kier alpha value is -1.10. The van der Waals surface area contributed by atoms with Crippen molar-refractivity contribution in [2.75, 3.05) is 13.2 Å². The Labute approximate surface area is 102 Å². The smallest absolute Gasteiger partial charge is 0.243 e. The normalized spacial score (nSPS) is 21.7. The molecule has 2 unspecified atom stereocenters. The molecule has 0 saturated carbocycles. The van der Waals surface area contributed by atoms with Gasteiger partial charge in [0.25, 0.3) is 0 Å². The van der Waals surface area contributed by atoms with Gasteiger partial charge in [-0.2, -0.15) is 0 Å². The minimum Gasteiger partial charge on any atom is -0.394 e. The van der Waals surface area contributed by atoms with E-state index in [1.807, 2.05) is 13.8 Å². The summed E-state index contributed by atoms with van der Waals surface area (Å²) in [6, 6.07) is -0.627. The third-order valence-corrected chi connectivity index (χ3v) is 2.99. The number of amides is 2. The first-order chi connectivity index (χ1) is 7.97. The fourth-order valence-corrected chi connectivity index (χ4v) is 2.02. The molecule has 98 valence electrons. The van der Waals surface area contributed by atoms with Crippen LogP contribution >= 0.6 is 0 Å². The van der Waals surface area contributed by atoms with E-state index in [9.17, 15) is 9.59 Å². The van der Waals surface area contributed by atoms with Crippen molar-refractivity contribution in [2.24, 2.45) is 5.92 Å². The summed E-state index contributed by atoms with van der Waals surface area (Å²) in [6.45, 7) is 5.98. The summed E-state index contributed by atoms with van der Waals surface area (Å²) in [5.41, 5.74) is 0. The van der Waals surface area contributed by atoms with Crippen molar-refractivity contribution in [3.63, 3.8) is 0 Å². The molecule has 0 radical (unpaired) electrons. The van der Waals surface area contributed by atoms with Gasteiger partial charge < -0.3 is 15.3 Å². The molecule has 5 heteroatoms. The fourth-order valence-electron chi connectivity index (χ4n) is 2.02. The summed E-state index contributed by atoms with van der Waals surface area (Å²) in [5, 5.41) is 11.6. The summed E-state index contributed by atoms with van der Waals surface area (Å²) in [7, 11) is 0. The lowest BCUT2D eigenvalue weighted by atomic mass is 10.1. The highest BCUT2D eigenvalue weighted by Crippen LogP contribution is 2.19. The summed E-state index contributed by atoms with van der Waals surface area (Å²) < 4.78 is 0. The first-order valence-electron chi connectivity index (χ1n) is 6.19. The highest BCUT2D eigenvalue weighted by Gasteiger charge is 2.35. The largest absolute Gasteiger partial charge is 0.394 e. The average Bonchev–Trinajstić information content (AvgIpc) is 2.76. The van der Waals surface area contributed by atoms with Crippen molar-refractivity contribution in [3.8, 4) is 0 Å². The van der Waals surface area contributed by atoms with Crippen LogP contribution in [0.5, 0.6) is 0 Å². The summed E-state index contributed by atoms with van der Waals surface area (Å²) in [4.78, 5) is 25.5. The molecule has 1 rings (SSSR count). The van der Waals surface area contributed by atoms with Crippen LogP contribution < -0.4 is 5.32 Å². The molecule has 0 aromatic heterocycles. The van der Waals surface area contributed by atoms with Gasteiger partial charge in [0.2, 0.25) is 11.8 Å². The molecule has 5 nitrogen and oxygen atoms in total. The van der Waals surface area contributed by atoms with Crippen molar-refractivity contribution in [1.82, 2.24) is 10.2 Å². The van der Waals surface area contributed by atoms with Crippen LogP contribution in [-0.4, -0.2) is 47.1 Å². The number of carbonyl (C=O) groups excluding carboxylic acids is 2. The van der Waals surface area contributed by atoms with Gasteiger partial charge in [0, 0.05) is 18.5 Å². The van der Waals surface area contributed by atoms with Gasteiger partial charge in [0.15, 0.2) is 0 Å². The summed E-state index contributed by atoms with van der Waals surface area (Å²) in [5.74, 6) is -0.212. The number of aliphatic hydroxyl groups is 1. The second-order valence-corrected chi connectivity index (χ2v) is 4.94. The van der Waals surface area contributed by atoms with Crippen LogP contribution in [0.3, 0.4) is 0 Å². The van der Waals surface area contributed by atoms with Crippen LogP contribution in [-0.2, 0) is 9.59 Å². The van der Waals surface area contributed by atoms with Gasteiger partial charge in [0.1, 0.15) is 6.04 Å². The number of likely N-dealkylation sites (tertiary alicyclic amines) is 1. The van der Waals surface area contributed by atoms with Crippen LogP contribution in [0.1, 0.15) is 33.6 Å². The molecule has 2 amide bonds. The molecule has 1 aliphatic heterocycles. The molecule has 1 heterocycles. The van der Waals surface area contributed by atoms with Crippen molar-refractivity contribution in [2.45, 2.75) is 45.7 Å². The Balaban J connectivity index is 2.63. The fraction of sp³-hybridized carbons (Fsp3) is 0.833. The molecule has 0 spiro atoms. The molecule has 17 heavy (non-hydrogen) atoms. The number of hydrogen-bond donors (Lipinski definition) is 2. The van der Waals surface area contributed by atoms with Crippen LogP contribution in [0.15, 0.2) is 0 Å². The standard InChI is InChI=1S/C12H22N2O3/c1-8(2)12(17)14-6-4-5-10(14)11(16)13-9(3)7-15/h8-10,15H,4-7H2,1-3H3,(H,13,16). The predicted molar refractivity (Wildman–Crippen MR) is 64.3 cm³/mol. The zero-order valence-corrected chi connectivity index (χ0v) is 10.8. The van der Waals surface area contributed by atoms with Gasteiger partial charge in [-0.05, 0) is 19.8 Å². The van der Waals surface area contributed by atoms with E-state index in [0.29, 0.717) is 13.0 Å². The first-order valence-corrected chi connectivity index (χ1v) is 6.19. The third-order valence-electron chi connectivity index (χ3n) is 2.99. The lowest BCUT2D eigenvalue weighted by Crippen LogP contribution is -2.49. The molecule has 1 fully saturated rings. The van der Waals surface area contributed by atoms with Gasteiger partial charge in [-0.3, -0.25) is 9.59 Å². The third kappa shape index (κ3) is 3.43. The van der Waals surface area contributed by atoms with Crippen molar-refractivity contribution in [1.29, 1.82) is 0 Å². The molecule has 2 N–H and O–H groups in total. The maximum absolute atomic E-state index is 11.9. The zero-order chi connectivity index (χ0) is 13.0. The van der Waals surface area contributed by atoms with Crippen molar-refractivity contribution < 1.29 is 14.7 Å². The van der Waals surface area contributed by atoms with E-state index in [1.165, 1.54) is 0 Å².